The van der Waals surface area contributed by atoms with E-state index < -0.39 is 5.91 Å². The van der Waals surface area contributed by atoms with Crippen LogP contribution in [0.25, 0.3) is 0 Å². The third-order valence-corrected chi connectivity index (χ3v) is 2.86. The van der Waals surface area contributed by atoms with Crippen molar-refractivity contribution in [3.63, 3.8) is 0 Å². The number of nitrogens with two attached hydrogens (primary N) is 1. The summed E-state index contributed by atoms with van der Waals surface area (Å²) in [5, 5.41) is 3.22. The van der Waals surface area contributed by atoms with Crippen molar-refractivity contribution in [2.45, 2.75) is 6.92 Å². The third kappa shape index (κ3) is 4.02. The molecular weight excluding hydrogens is 252 g/mol. The molecule has 1 amide bonds. The fourth-order valence-corrected chi connectivity index (χ4v) is 1.82. The lowest BCUT2D eigenvalue weighted by Crippen LogP contribution is -2.13. The van der Waals surface area contributed by atoms with Crippen molar-refractivity contribution in [1.29, 1.82) is 0 Å². The molecule has 0 bridgehead atoms. The van der Waals surface area contributed by atoms with Crippen molar-refractivity contribution in [3.8, 4) is 5.75 Å². The minimum absolute atomic E-state index is 0.417. The van der Waals surface area contributed by atoms with Crippen molar-refractivity contribution in [3.05, 3.63) is 59.7 Å². The largest absolute Gasteiger partial charge is 0.492 e. The second-order valence-electron chi connectivity index (χ2n) is 4.53. The van der Waals surface area contributed by atoms with E-state index in [1.165, 1.54) is 5.56 Å². The van der Waals surface area contributed by atoms with Crippen LogP contribution in [-0.4, -0.2) is 19.1 Å². The van der Waals surface area contributed by atoms with E-state index >= 15 is 0 Å². The number of nitrogens with one attached hydrogen (secondary N) is 1. The molecule has 0 aliphatic carbocycles. The molecule has 104 valence electrons. The van der Waals surface area contributed by atoms with Gasteiger partial charge in [0.2, 0.25) is 5.91 Å². The van der Waals surface area contributed by atoms with Gasteiger partial charge < -0.3 is 15.8 Å². The van der Waals surface area contributed by atoms with Gasteiger partial charge in [-0.3, -0.25) is 4.79 Å². The van der Waals surface area contributed by atoms with E-state index in [4.69, 9.17) is 10.5 Å². The number of rotatable bonds is 6. The molecule has 0 aliphatic heterocycles. The molecule has 0 unspecified atom stereocenters. The Bertz CT molecular complexity index is 579. The summed E-state index contributed by atoms with van der Waals surface area (Å²) in [6, 6.07) is 15.0. The Morgan fingerprint density at radius 3 is 2.60 bits per heavy atom. The number of benzene rings is 2. The van der Waals surface area contributed by atoms with Gasteiger partial charge in [0.25, 0.3) is 0 Å². The molecule has 2 aromatic carbocycles. The highest BCUT2D eigenvalue weighted by Crippen LogP contribution is 2.12. The van der Waals surface area contributed by atoms with Crippen LogP contribution in [0, 0.1) is 6.92 Å². The van der Waals surface area contributed by atoms with E-state index in [-0.39, 0.29) is 0 Å². The molecule has 0 aliphatic rings. The van der Waals surface area contributed by atoms with Crippen molar-refractivity contribution in [2.24, 2.45) is 5.73 Å². The van der Waals surface area contributed by atoms with Gasteiger partial charge >= 0.3 is 0 Å². The molecule has 0 atom stereocenters. The van der Waals surface area contributed by atoms with Crippen molar-refractivity contribution in [2.75, 3.05) is 18.5 Å². The zero-order valence-corrected chi connectivity index (χ0v) is 11.4. The Morgan fingerprint density at radius 1 is 1.20 bits per heavy atom. The maximum atomic E-state index is 10.9. The van der Waals surface area contributed by atoms with E-state index in [2.05, 4.69) is 5.32 Å². The minimum atomic E-state index is -0.417. The van der Waals surface area contributed by atoms with E-state index in [1.807, 2.05) is 43.3 Å². The Balaban J connectivity index is 1.77. The lowest BCUT2D eigenvalue weighted by Gasteiger charge is -2.09. The molecule has 4 nitrogen and oxygen atoms in total. The highest BCUT2D eigenvalue weighted by molar-refractivity contribution is 5.93. The Morgan fingerprint density at radius 2 is 1.95 bits per heavy atom. The number of hydrogen-bond acceptors (Lipinski definition) is 3. The molecule has 0 fully saturated rings. The third-order valence-electron chi connectivity index (χ3n) is 2.86. The van der Waals surface area contributed by atoms with Crippen molar-refractivity contribution >= 4 is 11.6 Å². The topological polar surface area (TPSA) is 64.3 Å². The predicted molar refractivity (Wildman–Crippen MR) is 80.1 cm³/mol. The van der Waals surface area contributed by atoms with Crippen LogP contribution in [0.15, 0.2) is 48.5 Å². The molecule has 4 heteroatoms. The number of ether oxygens (including phenoxy) is 1. The van der Waals surface area contributed by atoms with Gasteiger partial charge in [0, 0.05) is 17.8 Å². The van der Waals surface area contributed by atoms with E-state index in [0.717, 1.165) is 11.4 Å². The second-order valence-corrected chi connectivity index (χ2v) is 4.53. The first-order chi connectivity index (χ1) is 9.65. The van der Waals surface area contributed by atoms with Gasteiger partial charge in [-0.15, -0.1) is 0 Å². The fourth-order valence-electron chi connectivity index (χ4n) is 1.82. The molecule has 3 N–H and O–H groups in total. The van der Waals surface area contributed by atoms with Crippen molar-refractivity contribution < 1.29 is 9.53 Å². The quantitative estimate of drug-likeness (QED) is 0.793. The highest BCUT2D eigenvalue weighted by Gasteiger charge is 1.99. The average Bonchev–Trinajstić information content (AvgIpc) is 2.44. The van der Waals surface area contributed by atoms with Crippen LogP contribution in [0.1, 0.15) is 15.9 Å². The lowest BCUT2D eigenvalue weighted by molar-refractivity contribution is 0.100. The van der Waals surface area contributed by atoms with Gasteiger partial charge in [-0.05, 0) is 48.9 Å². The van der Waals surface area contributed by atoms with Crippen LogP contribution in [0.3, 0.4) is 0 Å². The first-order valence-electron chi connectivity index (χ1n) is 6.48. The molecule has 0 saturated carbocycles. The summed E-state index contributed by atoms with van der Waals surface area (Å²) in [5.41, 5.74) is 7.80. The molecule has 20 heavy (non-hydrogen) atoms. The van der Waals surface area contributed by atoms with Gasteiger partial charge in [0.15, 0.2) is 0 Å². The van der Waals surface area contributed by atoms with E-state index in [1.54, 1.807) is 12.1 Å². The number of carbonyl (C=O) groups is 1. The molecular formula is C16H18N2O2. The molecule has 0 aromatic heterocycles. The zero-order valence-electron chi connectivity index (χ0n) is 11.4. The summed E-state index contributed by atoms with van der Waals surface area (Å²) in [6.45, 7) is 3.29. The van der Waals surface area contributed by atoms with Gasteiger partial charge in [-0.25, -0.2) is 0 Å². The Labute approximate surface area is 118 Å². The van der Waals surface area contributed by atoms with Gasteiger partial charge in [-0.2, -0.15) is 0 Å². The number of hydrogen-bond donors (Lipinski definition) is 2. The Hall–Kier alpha value is -2.49. The summed E-state index contributed by atoms with van der Waals surface area (Å²) in [6.07, 6.45) is 0. The van der Waals surface area contributed by atoms with Crippen LogP contribution in [-0.2, 0) is 0 Å². The first kappa shape index (κ1) is 13.9. The normalized spacial score (nSPS) is 10.1. The summed E-state index contributed by atoms with van der Waals surface area (Å²) in [5.74, 6) is 0.454. The molecule has 0 radical (unpaired) electrons. The van der Waals surface area contributed by atoms with Crippen LogP contribution in [0.4, 0.5) is 5.69 Å². The standard InChI is InChI=1S/C16H18N2O2/c1-12-3-2-4-15(11-12)20-10-9-18-14-7-5-13(6-8-14)16(17)19/h2-8,11,18H,9-10H2,1H3,(H2,17,19). The smallest absolute Gasteiger partial charge is 0.248 e. The van der Waals surface area contributed by atoms with E-state index in [0.29, 0.717) is 18.7 Å². The SMILES string of the molecule is Cc1cccc(OCCNc2ccc(C(N)=O)cc2)c1. The molecule has 0 saturated heterocycles. The summed E-state index contributed by atoms with van der Waals surface area (Å²) in [7, 11) is 0. The molecule has 0 spiro atoms. The van der Waals surface area contributed by atoms with E-state index in [9.17, 15) is 4.79 Å². The predicted octanol–water partition coefficient (Wildman–Crippen LogP) is 2.58. The maximum Gasteiger partial charge on any atom is 0.248 e. The van der Waals surface area contributed by atoms with Crippen LogP contribution in [0.2, 0.25) is 0 Å². The maximum absolute atomic E-state index is 10.9. The van der Waals surface area contributed by atoms with Crippen LogP contribution < -0.4 is 15.8 Å². The van der Waals surface area contributed by atoms with Gasteiger partial charge in [-0.1, -0.05) is 12.1 Å². The molecule has 2 aromatic rings. The highest BCUT2D eigenvalue weighted by atomic mass is 16.5. The van der Waals surface area contributed by atoms with Crippen LogP contribution >= 0.6 is 0 Å². The number of anilines is 1. The minimum Gasteiger partial charge on any atom is -0.492 e. The number of amides is 1. The molecule has 0 heterocycles. The first-order valence-corrected chi connectivity index (χ1v) is 6.48. The average molecular weight is 270 g/mol. The molecule has 2 rings (SSSR count). The zero-order chi connectivity index (χ0) is 14.4. The number of carbonyl (C=O) groups excluding carboxylic acids is 1. The van der Waals surface area contributed by atoms with Gasteiger partial charge in [0.05, 0.1) is 0 Å². The number of primary amides is 1. The summed E-state index contributed by atoms with van der Waals surface area (Å²) in [4.78, 5) is 10.9. The second kappa shape index (κ2) is 6.61. The summed E-state index contributed by atoms with van der Waals surface area (Å²) >= 11 is 0. The lowest BCUT2D eigenvalue weighted by atomic mass is 10.2. The Kier molecular flexibility index (Phi) is 4.60. The number of aryl methyl sites for hydroxylation is 1. The van der Waals surface area contributed by atoms with Crippen LogP contribution in [0.5, 0.6) is 5.75 Å². The monoisotopic (exact) mass is 270 g/mol. The van der Waals surface area contributed by atoms with Gasteiger partial charge in [0.1, 0.15) is 12.4 Å². The summed E-state index contributed by atoms with van der Waals surface area (Å²) < 4.78 is 5.63. The fraction of sp³-hybridized carbons (Fsp3) is 0.188. The van der Waals surface area contributed by atoms with Crippen molar-refractivity contribution in [1.82, 2.24) is 0 Å².